The summed E-state index contributed by atoms with van der Waals surface area (Å²) in [5.74, 6) is 2.04. The minimum Gasteiger partial charge on any atom is -0.467 e. The van der Waals surface area contributed by atoms with E-state index in [0.29, 0.717) is 17.6 Å². The lowest BCUT2D eigenvalue weighted by Gasteiger charge is -2.09. The van der Waals surface area contributed by atoms with Crippen LogP contribution in [0.4, 0.5) is 0 Å². The van der Waals surface area contributed by atoms with Crippen molar-refractivity contribution in [1.82, 2.24) is 5.32 Å². The van der Waals surface area contributed by atoms with E-state index in [-0.39, 0.29) is 18.4 Å². The van der Waals surface area contributed by atoms with Gasteiger partial charge in [-0.15, -0.1) is 0 Å². The number of furan rings is 1. The number of nitrogens with one attached hydrogen (secondary N) is 1. The van der Waals surface area contributed by atoms with Crippen LogP contribution in [0.5, 0.6) is 0 Å². The van der Waals surface area contributed by atoms with Crippen molar-refractivity contribution < 1.29 is 14.3 Å². The van der Waals surface area contributed by atoms with Gasteiger partial charge in [0.15, 0.2) is 0 Å². The molecule has 0 saturated heterocycles. The van der Waals surface area contributed by atoms with Crippen LogP contribution in [0.25, 0.3) is 0 Å². The third-order valence-corrected chi connectivity index (χ3v) is 4.30. The molecule has 0 bridgehead atoms. The third-order valence-electron chi connectivity index (χ3n) is 4.30. The van der Waals surface area contributed by atoms with Crippen LogP contribution in [-0.2, 0) is 4.79 Å². The van der Waals surface area contributed by atoms with Crippen LogP contribution in [0.3, 0.4) is 0 Å². The van der Waals surface area contributed by atoms with E-state index in [2.05, 4.69) is 5.32 Å². The number of hydrogen-bond acceptors (Lipinski definition) is 3. The van der Waals surface area contributed by atoms with Gasteiger partial charge < -0.3 is 14.8 Å². The van der Waals surface area contributed by atoms with Gasteiger partial charge in [0.1, 0.15) is 11.9 Å². The maximum absolute atomic E-state index is 12.0. The molecule has 4 nitrogen and oxygen atoms in total. The van der Waals surface area contributed by atoms with Gasteiger partial charge in [-0.1, -0.05) is 12.8 Å². The van der Waals surface area contributed by atoms with Crippen molar-refractivity contribution in [1.29, 1.82) is 0 Å². The predicted octanol–water partition coefficient (Wildman–Crippen LogP) is 1.87. The molecule has 2 fully saturated rings. The van der Waals surface area contributed by atoms with E-state index in [9.17, 15) is 9.90 Å². The molecular weight excluding hydrogens is 230 g/mol. The normalized spacial score (nSPS) is 31.5. The minimum absolute atomic E-state index is 0.109. The van der Waals surface area contributed by atoms with E-state index in [1.54, 1.807) is 12.1 Å². The first-order chi connectivity index (χ1) is 8.77. The summed E-state index contributed by atoms with van der Waals surface area (Å²) in [5.41, 5.74) is 0. The summed E-state index contributed by atoms with van der Waals surface area (Å²) in [6, 6.07) is 3.45. The van der Waals surface area contributed by atoms with E-state index in [1.807, 2.05) is 0 Å². The van der Waals surface area contributed by atoms with Crippen molar-refractivity contribution in [2.24, 2.45) is 17.8 Å². The first-order valence-electron chi connectivity index (χ1n) is 6.76. The number of carbonyl (C=O) groups excluding carboxylic acids is 1. The standard InChI is InChI=1S/C14H19NO3/c16-11(12-6-3-7-18-12)8-15-14(17)13-9-4-1-2-5-10(9)13/h3,6-7,9-11,13,16H,1-2,4-5,8H2,(H,15,17). The summed E-state index contributed by atoms with van der Waals surface area (Å²) < 4.78 is 5.10. The van der Waals surface area contributed by atoms with Crippen LogP contribution in [0.1, 0.15) is 37.5 Å². The fraction of sp³-hybridized carbons (Fsp3) is 0.643. The molecule has 1 aromatic heterocycles. The van der Waals surface area contributed by atoms with Crippen LogP contribution < -0.4 is 5.32 Å². The van der Waals surface area contributed by atoms with Crippen molar-refractivity contribution in [2.75, 3.05) is 6.54 Å². The average molecular weight is 249 g/mol. The highest BCUT2D eigenvalue weighted by Gasteiger charge is 2.54. The smallest absolute Gasteiger partial charge is 0.223 e. The fourth-order valence-corrected chi connectivity index (χ4v) is 3.28. The Labute approximate surface area is 106 Å². The topological polar surface area (TPSA) is 62.5 Å². The van der Waals surface area contributed by atoms with Crippen LogP contribution in [-0.4, -0.2) is 17.6 Å². The lowest BCUT2D eigenvalue weighted by molar-refractivity contribution is -0.123. The number of carbonyl (C=O) groups is 1. The number of hydrogen-bond donors (Lipinski definition) is 2. The van der Waals surface area contributed by atoms with E-state index >= 15 is 0 Å². The second-order valence-corrected chi connectivity index (χ2v) is 5.41. The van der Waals surface area contributed by atoms with Gasteiger partial charge in [0.2, 0.25) is 5.91 Å². The van der Waals surface area contributed by atoms with Gasteiger partial charge in [-0.25, -0.2) is 0 Å². The molecule has 3 atom stereocenters. The Hall–Kier alpha value is -1.29. The third kappa shape index (κ3) is 2.17. The van der Waals surface area contributed by atoms with Gasteiger partial charge in [-0.05, 0) is 36.8 Å². The molecule has 98 valence electrons. The quantitative estimate of drug-likeness (QED) is 0.856. The van der Waals surface area contributed by atoms with Crippen molar-refractivity contribution in [3.8, 4) is 0 Å². The van der Waals surface area contributed by atoms with Crippen molar-refractivity contribution in [2.45, 2.75) is 31.8 Å². The SMILES string of the molecule is O=C(NCC(O)c1ccco1)C1C2CCCCC21. The monoisotopic (exact) mass is 249 g/mol. The zero-order valence-corrected chi connectivity index (χ0v) is 10.3. The van der Waals surface area contributed by atoms with Gasteiger partial charge >= 0.3 is 0 Å². The molecule has 2 saturated carbocycles. The number of rotatable bonds is 4. The minimum atomic E-state index is -0.746. The predicted molar refractivity (Wildman–Crippen MR) is 65.6 cm³/mol. The summed E-state index contributed by atoms with van der Waals surface area (Å²) in [5, 5.41) is 12.7. The number of amides is 1. The number of fused-ring (bicyclic) bond motifs is 1. The fourth-order valence-electron chi connectivity index (χ4n) is 3.28. The van der Waals surface area contributed by atoms with Gasteiger partial charge in [0.25, 0.3) is 0 Å². The molecule has 2 aliphatic carbocycles. The molecule has 0 spiro atoms. The van der Waals surface area contributed by atoms with Gasteiger partial charge in [-0.3, -0.25) is 4.79 Å². The van der Waals surface area contributed by atoms with E-state index < -0.39 is 6.10 Å². The van der Waals surface area contributed by atoms with Crippen molar-refractivity contribution in [3.63, 3.8) is 0 Å². The van der Waals surface area contributed by atoms with E-state index in [4.69, 9.17) is 4.42 Å². The molecule has 0 aromatic carbocycles. The Balaban J connectivity index is 1.48. The summed E-state index contributed by atoms with van der Waals surface area (Å²) in [7, 11) is 0. The first kappa shape index (κ1) is 11.8. The van der Waals surface area contributed by atoms with Gasteiger partial charge in [-0.2, -0.15) is 0 Å². The summed E-state index contributed by atoms with van der Waals surface area (Å²) >= 11 is 0. The first-order valence-corrected chi connectivity index (χ1v) is 6.76. The average Bonchev–Trinajstić information content (AvgIpc) is 2.85. The highest BCUT2D eigenvalue weighted by molar-refractivity contribution is 5.82. The Morgan fingerprint density at radius 2 is 2.17 bits per heavy atom. The molecular formula is C14H19NO3. The molecule has 3 rings (SSSR count). The highest BCUT2D eigenvalue weighted by Crippen LogP contribution is 2.55. The maximum atomic E-state index is 12.0. The van der Waals surface area contributed by atoms with Crippen molar-refractivity contribution >= 4 is 5.91 Å². The van der Waals surface area contributed by atoms with Crippen LogP contribution in [0.2, 0.25) is 0 Å². The Morgan fingerprint density at radius 1 is 1.44 bits per heavy atom. The van der Waals surface area contributed by atoms with Gasteiger partial charge in [0.05, 0.1) is 12.8 Å². The van der Waals surface area contributed by atoms with Crippen LogP contribution in [0, 0.1) is 17.8 Å². The van der Waals surface area contributed by atoms with Gasteiger partial charge in [0, 0.05) is 5.92 Å². The van der Waals surface area contributed by atoms with Crippen LogP contribution in [0.15, 0.2) is 22.8 Å². The molecule has 1 amide bonds. The van der Waals surface area contributed by atoms with Crippen molar-refractivity contribution in [3.05, 3.63) is 24.2 Å². The molecule has 4 heteroatoms. The molecule has 2 aliphatic rings. The molecule has 1 aromatic rings. The summed E-state index contributed by atoms with van der Waals surface area (Å²) in [4.78, 5) is 12.0. The maximum Gasteiger partial charge on any atom is 0.223 e. The molecule has 1 heterocycles. The summed E-state index contributed by atoms with van der Waals surface area (Å²) in [6.45, 7) is 0.238. The number of aliphatic hydroxyl groups excluding tert-OH is 1. The Morgan fingerprint density at radius 3 is 2.78 bits per heavy atom. The Bertz CT molecular complexity index is 403. The molecule has 2 N–H and O–H groups in total. The Kier molecular flexibility index (Phi) is 3.12. The van der Waals surface area contributed by atoms with E-state index in [1.165, 1.54) is 31.9 Å². The van der Waals surface area contributed by atoms with E-state index in [0.717, 1.165) is 0 Å². The summed E-state index contributed by atoms with van der Waals surface area (Å²) in [6.07, 6.45) is 5.70. The highest BCUT2D eigenvalue weighted by atomic mass is 16.4. The lowest BCUT2D eigenvalue weighted by atomic mass is 10.0. The molecule has 0 aliphatic heterocycles. The lowest BCUT2D eigenvalue weighted by Crippen LogP contribution is -2.30. The second kappa shape index (κ2) is 4.76. The van der Waals surface area contributed by atoms with Crippen LogP contribution >= 0.6 is 0 Å². The number of aliphatic hydroxyl groups is 1. The largest absolute Gasteiger partial charge is 0.467 e. The molecule has 18 heavy (non-hydrogen) atoms. The molecule has 0 radical (unpaired) electrons. The second-order valence-electron chi connectivity index (χ2n) is 5.41. The molecule has 3 unspecified atom stereocenters. The zero-order valence-electron chi connectivity index (χ0n) is 10.3. The zero-order chi connectivity index (χ0) is 12.5.